The summed E-state index contributed by atoms with van der Waals surface area (Å²) in [7, 11) is 0. The third-order valence-electron chi connectivity index (χ3n) is 5.09. The van der Waals surface area contributed by atoms with E-state index in [-0.39, 0.29) is 29.0 Å². The van der Waals surface area contributed by atoms with Gasteiger partial charge in [0.15, 0.2) is 5.17 Å². The maximum absolute atomic E-state index is 13.1. The number of aliphatic imine (C=N–C) groups is 1. The highest BCUT2D eigenvalue weighted by Gasteiger charge is 2.46. The maximum Gasteiger partial charge on any atom is 0.338 e. The van der Waals surface area contributed by atoms with E-state index in [4.69, 9.17) is 4.74 Å². The quantitative estimate of drug-likeness (QED) is 0.398. The van der Waals surface area contributed by atoms with Gasteiger partial charge in [0.05, 0.1) is 27.5 Å². The molecule has 0 radical (unpaired) electrons. The summed E-state index contributed by atoms with van der Waals surface area (Å²) in [4.78, 5) is 42.8. The molecule has 1 saturated heterocycles. The summed E-state index contributed by atoms with van der Waals surface area (Å²) in [6.07, 6.45) is 0. The molecule has 0 aromatic heterocycles. The highest BCUT2D eigenvalue weighted by atomic mass is 32.2. The van der Waals surface area contributed by atoms with Crippen LogP contribution in [0.2, 0.25) is 0 Å². The lowest BCUT2D eigenvalue weighted by Crippen LogP contribution is -2.40. The number of ether oxygens (including phenoxy) is 1. The Labute approximate surface area is 182 Å². The number of hydrogen-bond acceptors (Lipinski definition) is 7. The lowest BCUT2D eigenvalue weighted by Gasteiger charge is -2.32. The number of thioether (sulfide) groups is 1. The minimum Gasteiger partial charge on any atom is -0.457 e. The van der Waals surface area contributed by atoms with Gasteiger partial charge in [-0.05, 0) is 25.0 Å². The number of non-ortho nitro benzene ring substituents is 1. The lowest BCUT2D eigenvalue weighted by molar-refractivity contribution is -0.384. The number of hydrogen-bond donors (Lipinski definition) is 0. The summed E-state index contributed by atoms with van der Waals surface area (Å²) in [6, 6.07) is 14.3. The van der Waals surface area contributed by atoms with Gasteiger partial charge in [0.1, 0.15) is 6.61 Å². The SMILES string of the molecule is CC1=C(C(=O)OCc2ccccc2)C(c2cccc([N+](=O)[O-])c2)N2C(=O)C(C)SC2=N1. The predicted molar refractivity (Wildman–Crippen MR) is 116 cm³/mol. The van der Waals surface area contributed by atoms with E-state index in [1.165, 1.54) is 34.9 Å². The van der Waals surface area contributed by atoms with Crippen molar-refractivity contribution in [2.24, 2.45) is 4.99 Å². The molecule has 0 bridgehead atoms. The third-order valence-corrected chi connectivity index (χ3v) is 6.14. The van der Waals surface area contributed by atoms with Crippen molar-refractivity contribution in [3.8, 4) is 0 Å². The van der Waals surface area contributed by atoms with Crippen molar-refractivity contribution in [3.63, 3.8) is 0 Å². The smallest absolute Gasteiger partial charge is 0.338 e. The van der Waals surface area contributed by atoms with Crippen molar-refractivity contribution in [3.05, 3.63) is 87.1 Å². The van der Waals surface area contributed by atoms with E-state index < -0.39 is 16.9 Å². The second-order valence-corrected chi connectivity index (χ2v) is 8.49. The van der Waals surface area contributed by atoms with E-state index in [0.717, 1.165) is 5.56 Å². The maximum atomic E-state index is 13.1. The summed E-state index contributed by atoms with van der Waals surface area (Å²) in [5, 5.41) is 11.4. The number of nitrogens with zero attached hydrogens (tertiary/aromatic N) is 3. The monoisotopic (exact) mass is 437 g/mol. The van der Waals surface area contributed by atoms with Crippen LogP contribution >= 0.6 is 11.8 Å². The minimum absolute atomic E-state index is 0.0633. The van der Waals surface area contributed by atoms with Crippen LogP contribution < -0.4 is 0 Å². The Bertz CT molecular complexity index is 1130. The molecule has 0 N–H and O–H groups in total. The fourth-order valence-electron chi connectivity index (χ4n) is 3.59. The minimum atomic E-state index is -0.847. The van der Waals surface area contributed by atoms with Crippen molar-refractivity contribution in [2.75, 3.05) is 0 Å². The molecule has 1 fully saturated rings. The molecule has 2 atom stereocenters. The zero-order chi connectivity index (χ0) is 22.1. The van der Waals surface area contributed by atoms with Crippen LogP contribution in [0.15, 0.2) is 70.9 Å². The first-order valence-electron chi connectivity index (χ1n) is 9.61. The van der Waals surface area contributed by atoms with Crippen molar-refractivity contribution in [1.82, 2.24) is 4.90 Å². The van der Waals surface area contributed by atoms with Gasteiger partial charge in [0.25, 0.3) is 5.69 Å². The van der Waals surface area contributed by atoms with Crippen molar-refractivity contribution < 1.29 is 19.2 Å². The molecule has 2 unspecified atom stereocenters. The average molecular weight is 437 g/mol. The van der Waals surface area contributed by atoms with E-state index in [1.807, 2.05) is 30.3 Å². The topological polar surface area (TPSA) is 102 Å². The number of allylic oxidation sites excluding steroid dienone is 1. The number of nitro groups is 1. The molecule has 158 valence electrons. The number of amidine groups is 1. The van der Waals surface area contributed by atoms with Gasteiger partial charge in [0.2, 0.25) is 5.91 Å². The van der Waals surface area contributed by atoms with Gasteiger partial charge in [-0.2, -0.15) is 0 Å². The summed E-state index contributed by atoms with van der Waals surface area (Å²) in [6.45, 7) is 3.51. The van der Waals surface area contributed by atoms with Crippen LogP contribution in [0.4, 0.5) is 5.69 Å². The summed E-state index contributed by atoms with van der Waals surface area (Å²) >= 11 is 1.30. The van der Waals surface area contributed by atoms with Gasteiger partial charge in [-0.3, -0.25) is 19.8 Å². The number of amides is 1. The Morgan fingerprint density at radius 2 is 1.97 bits per heavy atom. The number of rotatable bonds is 5. The Balaban J connectivity index is 1.74. The summed E-state index contributed by atoms with van der Waals surface area (Å²) in [5.41, 5.74) is 1.78. The molecule has 0 spiro atoms. The van der Waals surface area contributed by atoms with Gasteiger partial charge >= 0.3 is 5.97 Å². The standard InChI is InChI=1S/C22H19N3O5S/c1-13-18(21(27)30-12-15-7-4-3-5-8-15)19(16-9-6-10-17(11-16)25(28)29)24-20(26)14(2)31-22(24)23-13/h3-11,14,19H,12H2,1-2H3. The molecule has 0 saturated carbocycles. The molecule has 2 aliphatic heterocycles. The molecule has 2 heterocycles. The summed E-state index contributed by atoms with van der Waals surface area (Å²) in [5.74, 6) is -0.820. The van der Waals surface area contributed by atoms with Crippen molar-refractivity contribution in [1.29, 1.82) is 0 Å². The molecule has 31 heavy (non-hydrogen) atoms. The molecular formula is C22H19N3O5S. The van der Waals surface area contributed by atoms with Crippen LogP contribution in [-0.4, -0.2) is 32.1 Å². The van der Waals surface area contributed by atoms with Gasteiger partial charge in [-0.1, -0.05) is 54.2 Å². The van der Waals surface area contributed by atoms with Gasteiger partial charge in [-0.25, -0.2) is 9.79 Å². The molecular weight excluding hydrogens is 418 g/mol. The highest BCUT2D eigenvalue weighted by Crippen LogP contribution is 2.43. The fraction of sp³-hybridized carbons (Fsp3) is 0.227. The molecule has 2 aliphatic rings. The summed E-state index contributed by atoms with van der Waals surface area (Å²) < 4.78 is 5.53. The van der Waals surface area contributed by atoms with Crippen LogP contribution in [0.5, 0.6) is 0 Å². The molecule has 4 rings (SSSR count). The van der Waals surface area contributed by atoms with E-state index in [9.17, 15) is 19.7 Å². The third kappa shape index (κ3) is 3.96. The Kier molecular flexibility index (Phi) is 5.60. The van der Waals surface area contributed by atoms with Gasteiger partial charge < -0.3 is 4.74 Å². The molecule has 0 aliphatic carbocycles. The molecule has 9 heteroatoms. The van der Waals surface area contributed by atoms with Crippen molar-refractivity contribution >= 4 is 34.5 Å². The van der Waals surface area contributed by atoms with E-state index in [0.29, 0.717) is 16.4 Å². The zero-order valence-corrected chi connectivity index (χ0v) is 17.7. The van der Waals surface area contributed by atoms with E-state index >= 15 is 0 Å². The molecule has 2 aromatic carbocycles. The second-order valence-electron chi connectivity index (χ2n) is 7.18. The first kappa shape index (κ1) is 20.8. The Morgan fingerprint density at radius 1 is 1.23 bits per heavy atom. The molecule has 8 nitrogen and oxygen atoms in total. The predicted octanol–water partition coefficient (Wildman–Crippen LogP) is 3.99. The number of esters is 1. The van der Waals surface area contributed by atoms with E-state index in [1.54, 1.807) is 19.9 Å². The normalized spacial score (nSPS) is 20.4. The highest BCUT2D eigenvalue weighted by molar-refractivity contribution is 8.15. The van der Waals surface area contributed by atoms with Crippen molar-refractivity contribution in [2.45, 2.75) is 31.7 Å². The number of carbonyl (C=O) groups is 2. The number of benzene rings is 2. The molecule has 1 amide bonds. The number of carbonyl (C=O) groups excluding carboxylic acids is 2. The van der Waals surface area contributed by atoms with Gasteiger partial charge in [-0.15, -0.1) is 0 Å². The lowest BCUT2D eigenvalue weighted by atomic mass is 9.94. The van der Waals surface area contributed by atoms with Crippen LogP contribution in [0.25, 0.3) is 0 Å². The van der Waals surface area contributed by atoms with Gasteiger partial charge in [0, 0.05) is 12.1 Å². The first-order chi connectivity index (χ1) is 14.9. The average Bonchev–Trinajstić information content (AvgIpc) is 3.04. The van der Waals surface area contributed by atoms with Crippen LogP contribution in [0, 0.1) is 10.1 Å². The Morgan fingerprint density at radius 3 is 2.68 bits per heavy atom. The fourth-order valence-corrected chi connectivity index (χ4v) is 4.62. The first-order valence-corrected chi connectivity index (χ1v) is 10.5. The van der Waals surface area contributed by atoms with Crippen LogP contribution in [0.1, 0.15) is 31.0 Å². The Hall–Kier alpha value is -3.46. The number of fused-ring (bicyclic) bond motifs is 1. The van der Waals surface area contributed by atoms with Crippen LogP contribution in [0.3, 0.4) is 0 Å². The molecule has 2 aromatic rings. The van der Waals surface area contributed by atoms with Crippen LogP contribution in [-0.2, 0) is 20.9 Å². The second kappa shape index (κ2) is 8.35. The zero-order valence-electron chi connectivity index (χ0n) is 16.8. The largest absolute Gasteiger partial charge is 0.457 e. The number of nitro benzene ring substituents is 1. The van der Waals surface area contributed by atoms with E-state index in [2.05, 4.69) is 4.99 Å².